The molecule has 0 aliphatic carbocycles. The van der Waals surface area contributed by atoms with Gasteiger partial charge in [-0.05, 0) is 31.3 Å². The highest BCUT2D eigenvalue weighted by molar-refractivity contribution is 9.10. The van der Waals surface area contributed by atoms with Crippen molar-refractivity contribution in [1.29, 1.82) is 0 Å². The van der Waals surface area contributed by atoms with Crippen molar-refractivity contribution < 1.29 is 14.6 Å². The lowest BCUT2D eigenvalue weighted by Gasteiger charge is -2.30. The van der Waals surface area contributed by atoms with Crippen LogP contribution in [0.4, 0.5) is 0 Å². The topological polar surface area (TPSA) is 49.8 Å². The standard InChI is InChI=1S/C14H20BrNO3/c1-4-16(5-2)12(9-14(17)18)11-8-10(15)6-7-13(11)19-3/h6-8,12H,4-5,9H2,1-3H3,(H,17,18). The van der Waals surface area contributed by atoms with Crippen molar-refractivity contribution >= 4 is 21.9 Å². The summed E-state index contributed by atoms with van der Waals surface area (Å²) in [7, 11) is 1.60. The minimum absolute atomic E-state index is 0.0640. The first kappa shape index (κ1) is 16.0. The number of halogens is 1. The molecule has 1 unspecified atom stereocenters. The number of benzene rings is 1. The van der Waals surface area contributed by atoms with Crippen molar-refractivity contribution in [2.24, 2.45) is 0 Å². The van der Waals surface area contributed by atoms with Gasteiger partial charge in [-0.2, -0.15) is 0 Å². The number of ether oxygens (including phenoxy) is 1. The smallest absolute Gasteiger partial charge is 0.305 e. The SMILES string of the molecule is CCN(CC)C(CC(=O)O)c1cc(Br)ccc1OC. The van der Waals surface area contributed by atoms with Gasteiger partial charge in [-0.25, -0.2) is 0 Å². The molecule has 0 spiro atoms. The molecule has 1 atom stereocenters. The number of nitrogens with zero attached hydrogens (tertiary/aromatic N) is 1. The number of aliphatic carboxylic acids is 1. The summed E-state index contributed by atoms with van der Waals surface area (Å²) in [6.45, 7) is 5.65. The van der Waals surface area contributed by atoms with Crippen LogP contribution >= 0.6 is 15.9 Å². The van der Waals surface area contributed by atoms with E-state index in [1.54, 1.807) is 7.11 Å². The van der Waals surface area contributed by atoms with Gasteiger partial charge in [-0.3, -0.25) is 9.69 Å². The molecule has 0 amide bonds. The second-order valence-corrected chi connectivity index (χ2v) is 5.14. The molecule has 4 nitrogen and oxygen atoms in total. The Morgan fingerprint density at radius 1 is 1.42 bits per heavy atom. The van der Waals surface area contributed by atoms with Crippen LogP contribution in [-0.2, 0) is 4.79 Å². The Bertz CT molecular complexity index is 433. The molecule has 0 saturated carbocycles. The summed E-state index contributed by atoms with van der Waals surface area (Å²) in [4.78, 5) is 13.2. The molecule has 1 aromatic rings. The maximum atomic E-state index is 11.1. The van der Waals surface area contributed by atoms with Crippen LogP contribution in [-0.4, -0.2) is 36.2 Å². The first-order valence-electron chi connectivity index (χ1n) is 6.32. The number of hydrogen-bond acceptors (Lipinski definition) is 3. The van der Waals surface area contributed by atoms with Gasteiger partial charge in [0.05, 0.1) is 13.5 Å². The van der Waals surface area contributed by atoms with Crippen LogP contribution in [0.3, 0.4) is 0 Å². The van der Waals surface area contributed by atoms with Gasteiger partial charge in [0.25, 0.3) is 0 Å². The fourth-order valence-electron chi connectivity index (χ4n) is 2.23. The van der Waals surface area contributed by atoms with E-state index in [0.717, 1.165) is 28.9 Å². The first-order valence-corrected chi connectivity index (χ1v) is 7.12. The zero-order chi connectivity index (χ0) is 14.4. The third-order valence-electron chi connectivity index (χ3n) is 3.17. The van der Waals surface area contributed by atoms with Gasteiger partial charge < -0.3 is 9.84 Å². The van der Waals surface area contributed by atoms with E-state index in [4.69, 9.17) is 9.84 Å². The van der Waals surface area contributed by atoms with E-state index in [0.29, 0.717) is 0 Å². The summed E-state index contributed by atoms with van der Waals surface area (Å²) >= 11 is 3.43. The summed E-state index contributed by atoms with van der Waals surface area (Å²) in [6.07, 6.45) is 0.0640. The van der Waals surface area contributed by atoms with E-state index in [1.807, 2.05) is 32.0 Å². The van der Waals surface area contributed by atoms with Crippen LogP contribution in [0, 0.1) is 0 Å². The average molecular weight is 330 g/mol. The molecule has 0 fully saturated rings. The molecule has 1 aromatic carbocycles. The van der Waals surface area contributed by atoms with E-state index in [2.05, 4.69) is 20.8 Å². The maximum Gasteiger partial charge on any atom is 0.305 e. The lowest BCUT2D eigenvalue weighted by atomic mass is 10.0. The van der Waals surface area contributed by atoms with Crippen LogP contribution in [0.15, 0.2) is 22.7 Å². The van der Waals surface area contributed by atoms with Gasteiger partial charge in [0, 0.05) is 16.1 Å². The van der Waals surface area contributed by atoms with Crippen molar-refractivity contribution in [3.63, 3.8) is 0 Å². The monoisotopic (exact) mass is 329 g/mol. The molecule has 1 N–H and O–H groups in total. The second kappa shape index (κ2) is 7.50. The molecule has 0 aromatic heterocycles. The molecule has 19 heavy (non-hydrogen) atoms. The van der Waals surface area contributed by atoms with Crippen molar-refractivity contribution in [3.05, 3.63) is 28.2 Å². The molecule has 106 valence electrons. The van der Waals surface area contributed by atoms with E-state index in [-0.39, 0.29) is 12.5 Å². The first-order chi connectivity index (χ1) is 9.03. The van der Waals surface area contributed by atoms with Gasteiger partial charge in [0.1, 0.15) is 5.75 Å². The normalized spacial score (nSPS) is 12.5. The van der Waals surface area contributed by atoms with Crippen molar-refractivity contribution in [2.45, 2.75) is 26.3 Å². The third kappa shape index (κ3) is 4.21. The Balaban J connectivity index is 3.22. The van der Waals surface area contributed by atoms with Crippen LogP contribution < -0.4 is 4.74 Å². The van der Waals surface area contributed by atoms with E-state index >= 15 is 0 Å². The molecule has 1 rings (SSSR count). The summed E-state index contributed by atoms with van der Waals surface area (Å²) < 4.78 is 6.28. The number of carboxylic acids is 1. The summed E-state index contributed by atoms with van der Waals surface area (Å²) in [5.41, 5.74) is 0.906. The Labute approximate surface area is 122 Å². The Morgan fingerprint density at radius 3 is 2.53 bits per heavy atom. The Kier molecular flexibility index (Phi) is 6.31. The molecule has 0 radical (unpaired) electrons. The molecule has 0 bridgehead atoms. The highest BCUT2D eigenvalue weighted by Crippen LogP contribution is 2.34. The van der Waals surface area contributed by atoms with E-state index in [1.165, 1.54) is 0 Å². The van der Waals surface area contributed by atoms with Gasteiger partial charge >= 0.3 is 5.97 Å². The predicted molar refractivity (Wildman–Crippen MR) is 78.6 cm³/mol. The zero-order valence-corrected chi connectivity index (χ0v) is 13.1. The Hall–Kier alpha value is -1.07. The molecule has 0 heterocycles. The van der Waals surface area contributed by atoms with Crippen molar-refractivity contribution in [2.75, 3.05) is 20.2 Å². The van der Waals surface area contributed by atoms with E-state index in [9.17, 15) is 4.79 Å². The average Bonchev–Trinajstić information content (AvgIpc) is 2.38. The molecule has 0 aliphatic rings. The number of carboxylic acid groups (broad SMARTS) is 1. The fourth-order valence-corrected chi connectivity index (χ4v) is 2.61. The number of rotatable bonds is 7. The van der Waals surface area contributed by atoms with Crippen molar-refractivity contribution in [3.8, 4) is 5.75 Å². The van der Waals surface area contributed by atoms with Crippen molar-refractivity contribution in [1.82, 2.24) is 4.90 Å². The number of carbonyl (C=O) groups is 1. The van der Waals surface area contributed by atoms with Crippen LogP contribution in [0.2, 0.25) is 0 Å². The lowest BCUT2D eigenvalue weighted by molar-refractivity contribution is -0.138. The number of hydrogen-bond donors (Lipinski definition) is 1. The summed E-state index contributed by atoms with van der Waals surface area (Å²) in [6, 6.07) is 5.50. The largest absolute Gasteiger partial charge is 0.496 e. The van der Waals surface area contributed by atoms with Crippen LogP contribution in [0.25, 0.3) is 0 Å². The Morgan fingerprint density at radius 2 is 2.05 bits per heavy atom. The van der Waals surface area contributed by atoms with E-state index < -0.39 is 5.97 Å². The summed E-state index contributed by atoms with van der Waals surface area (Å²) in [5.74, 6) is -0.0831. The second-order valence-electron chi connectivity index (χ2n) is 4.22. The zero-order valence-electron chi connectivity index (χ0n) is 11.5. The molecule has 0 aliphatic heterocycles. The van der Waals surface area contributed by atoms with Gasteiger partial charge in [-0.1, -0.05) is 29.8 Å². The molecule has 0 saturated heterocycles. The third-order valence-corrected chi connectivity index (χ3v) is 3.67. The highest BCUT2D eigenvalue weighted by Gasteiger charge is 2.24. The van der Waals surface area contributed by atoms with Crippen LogP contribution in [0.5, 0.6) is 5.75 Å². The van der Waals surface area contributed by atoms with Crippen LogP contribution in [0.1, 0.15) is 31.9 Å². The molecular weight excluding hydrogens is 310 g/mol. The van der Waals surface area contributed by atoms with Gasteiger partial charge in [-0.15, -0.1) is 0 Å². The number of methoxy groups -OCH3 is 1. The summed E-state index contributed by atoms with van der Waals surface area (Å²) in [5, 5.41) is 9.14. The maximum absolute atomic E-state index is 11.1. The minimum Gasteiger partial charge on any atom is -0.496 e. The highest BCUT2D eigenvalue weighted by atomic mass is 79.9. The quantitative estimate of drug-likeness (QED) is 0.833. The molecular formula is C14H20BrNO3. The fraction of sp³-hybridized carbons (Fsp3) is 0.500. The van der Waals surface area contributed by atoms with Gasteiger partial charge in [0.2, 0.25) is 0 Å². The lowest BCUT2D eigenvalue weighted by Crippen LogP contribution is -2.30. The van der Waals surface area contributed by atoms with Gasteiger partial charge in [0.15, 0.2) is 0 Å². The molecule has 5 heteroatoms. The minimum atomic E-state index is -0.807. The predicted octanol–water partition coefficient (Wildman–Crippen LogP) is 3.32.